The van der Waals surface area contributed by atoms with Crippen LogP contribution in [0.2, 0.25) is 0 Å². The molecule has 4 nitrogen and oxygen atoms in total. The first-order valence-corrected chi connectivity index (χ1v) is 9.50. The molecule has 0 unspecified atom stereocenters. The summed E-state index contributed by atoms with van der Waals surface area (Å²) in [5.74, 6) is 0.987. The molecule has 5 heteroatoms. The predicted octanol–water partition coefficient (Wildman–Crippen LogP) is 5.41. The van der Waals surface area contributed by atoms with E-state index in [2.05, 4.69) is 0 Å². The smallest absolute Gasteiger partial charge is 0.264 e. The van der Waals surface area contributed by atoms with E-state index in [-0.39, 0.29) is 11.7 Å². The van der Waals surface area contributed by atoms with Crippen LogP contribution in [0.25, 0.3) is 22.0 Å². The van der Waals surface area contributed by atoms with Gasteiger partial charge in [-0.1, -0.05) is 24.3 Å². The van der Waals surface area contributed by atoms with Crippen molar-refractivity contribution in [3.63, 3.8) is 0 Å². The Morgan fingerprint density at radius 3 is 2.00 bits per heavy atom. The number of allylic oxidation sites excluding steroid dienone is 1. The van der Waals surface area contributed by atoms with Crippen molar-refractivity contribution in [3.05, 3.63) is 95.4 Å². The Balaban J connectivity index is 1.79. The Morgan fingerprint density at radius 2 is 1.33 bits per heavy atom. The SMILES string of the molecule is COc1ccc(C2=C(c3ccc(F)cc3)C(=O)n3c2cc2cc(OC)ccc23)cc1. The number of aromatic nitrogens is 1. The number of ether oxygens (including phenoxy) is 2. The summed E-state index contributed by atoms with van der Waals surface area (Å²) < 4.78 is 25.9. The monoisotopic (exact) mass is 399 g/mol. The molecule has 0 atom stereocenters. The van der Waals surface area contributed by atoms with Crippen LogP contribution in [0.1, 0.15) is 21.6 Å². The number of nitrogens with zero attached hydrogens (tertiary/aromatic N) is 1. The number of hydrogen-bond donors (Lipinski definition) is 0. The van der Waals surface area contributed by atoms with E-state index >= 15 is 0 Å². The van der Waals surface area contributed by atoms with Crippen molar-refractivity contribution in [1.29, 1.82) is 0 Å². The largest absolute Gasteiger partial charge is 0.497 e. The van der Waals surface area contributed by atoms with Gasteiger partial charge in [0.25, 0.3) is 5.91 Å². The van der Waals surface area contributed by atoms with Gasteiger partial charge in [0, 0.05) is 11.0 Å². The average molecular weight is 399 g/mol. The zero-order valence-corrected chi connectivity index (χ0v) is 16.5. The molecule has 5 rings (SSSR count). The fourth-order valence-electron chi connectivity index (χ4n) is 4.00. The number of halogens is 1. The molecule has 0 N–H and O–H groups in total. The van der Waals surface area contributed by atoms with Crippen LogP contribution in [0.5, 0.6) is 11.5 Å². The third-order valence-electron chi connectivity index (χ3n) is 5.44. The first-order valence-electron chi connectivity index (χ1n) is 9.50. The number of fused-ring (bicyclic) bond motifs is 3. The molecule has 2 heterocycles. The van der Waals surface area contributed by atoms with Gasteiger partial charge in [-0.05, 0) is 59.7 Å². The lowest BCUT2D eigenvalue weighted by Crippen LogP contribution is -2.08. The second-order valence-electron chi connectivity index (χ2n) is 7.08. The molecule has 0 saturated carbocycles. The average Bonchev–Trinajstić information content (AvgIpc) is 3.28. The number of methoxy groups -OCH3 is 2. The van der Waals surface area contributed by atoms with Crippen LogP contribution in [0, 0.1) is 5.82 Å². The molecule has 1 aliphatic heterocycles. The van der Waals surface area contributed by atoms with Crippen LogP contribution in [0.3, 0.4) is 0 Å². The zero-order valence-electron chi connectivity index (χ0n) is 16.5. The van der Waals surface area contributed by atoms with Gasteiger partial charge in [-0.25, -0.2) is 4.39 Å². The van der Waals surface area contributed by atoms with E-state index in [4.69, 9.17) is 9.47 Å². The molecule has 0 amide bonds. The molecule has 30 heavy (non-hydrogen) atoms. The first-order chi connectivity index (χ1) is 14.6. The third kappa shape index (κ3) is 2.70. The molecular weight excluding hydrogens is 381 g/mol. The summed E-state index contributed by atoms with van der Waals surface area (Å²) >= 11 is 0. The van der Waals surface area contributed by atoms with E-state index in [9.17, 15) is 9.18 Å². The molecular formula is C25H18FNO3. The Labute approximate surface area is 172 Å². The van der Waals surface area contributed by atoms with E-state index in [1.807, 2.05) is 48.5 Å². The molecule has 4 aromatic rings. The Hall–Kier alpha value is -3.86. The summed E-state index contributed by atoms with van der Waals surface area (Å²) in [6, 6.07) is 21.2. The lowest BCUT2D eigenvalue weighted by molar-refractivity contribution is 0.0989. The minimum absolute atomic E-state index is 0.136. The van der Waals surface area contributed by atoms with Gasteiger partial charge in [-0.3, -0.25) is 9.36 Å². The Kier molecular flexibility index (Phi) is 4.17. The standard InChI is InChI=1S/C25H18FNO3/c1-29-19-9-5-15(6-10-19)23-22-14-17-13-20(30-2)11-12-21(17)27(22)25(28)24(23)16-3-7-18(26)8-4-16/h3-14H,1-2H3. The maximum absolute atomic E-state index is 13.6. The van der Waals surface area contributed by atoms with Crippen LogP contribution in [-0.4, -0.2) is 24.7 Å². The molecule has 3 aromatic carbocycles. The van der Waals surface area contributed by atoms with Crippen molar-refractivity contribution in [3.8, 4) is 11.5 Å². The van der Waals surface area contributed by atoms with Gasteiger partial charge in [0.1, 0.15) is 17.3 Å². The van der Waals surface area contributed by atoms with E-state index < -0.39 is 0 Å². The summed E-state index contributed by atoms with van der Waals surface area (Å²) in [5, 5.41) is 0.918. The van der Waals surface area contributed by atoms with Gasteiger partial charge < -0.3 is 9.47 Å². The fourth-order valence-corrected chi connectivity index (χ4v) is 4.00. The summed E-state index contributed by atoms with van der Waals surface area (Å²) in [5.41, 5.74) is 4.53. The summed E-state index contributed by atoms with van der Waals surface area (Å²) in [4.78, 5) is 13.6. The number of carbonyl (C=O) groups excluding carboxylic acids is 1. The van der Waals surface area contributed by atoms with Gasteiger partial charge in [0.2, 0.25) is 0 Å². The number of benzene rings is 3. The second kappa shape index (κ2) is 6.88. The van der Waals surface area contributed by atoms with Gasteiger partial charge in [0.15, 0.2) is 0 Å². The molecule has 0 fully saturated rings. The maximum Gasteiger partial charge on any atom is 0.264 e. The third-order valence-corrected chi connectivity index (χ3v) is 5.44. The quantitative estimate of drug-likeness (QED) is 0.461. The topological polar surface area (TPSA) is 40.5 Å². The van der Waals surface area contributed by atoms with Crippen molar-refractivity contribution >= 4 is 28.0 Å². The predicted molar refractivity (Wildman–Crippen MR) is 114 cm³/mol. The van der Waals surface area contributed by atoms with E-state index in [0.717, 1.165) is 39.2 Å². The van der Waals surface area contributed by atoms with E-state index in [1.165, 1.54) is 12.1 Å². The number of rotatable bonds is 4. The lowest BCUT2D eigenvalue weighted by Gasteiger charge is -2.08. The van der Waals surface area contributed by atoms with Gasteiger partial charge in [-0.2, -0.15) is 0 Å². The molecule has 1 aromatic heterocycles. The van der Waals surface area contributed by atoms with Crippen LogP contribution in [0.15, 0.2) is 72.8 Å². The van der Waals surface area contributed by atoms with Crippen molar-refractivity contribution in [2.75, 3.05) is 14.2 Å². The van der Waals surface area contributed by atoms with Crippen LogP contribution in [0.4, 0.5) is 4.39 Å². The van der Waals surface area contributed by atoms with Gasteiger partial charge in [0.05, 0.1) is 31.0 Å². The molecule has 0 saturated heterocycles. The van der Waals surface area contributed by atoms with Gasteiger partial charge in [-0.15, -0.1) is 0 Å². The summed E-state index contributed by atoms with van der Waals surface area (Å²) in [7, 11) is 3.23. The van der Waals surface area contributed by atoms with Crippen molar-refractivity contribution in [2.24, 2.45) is 0 Å². The zero-order chi connectivity index (χ0) is 20.8. The summed E-state index contributed by atoms with van der Waals surface area (Å²) in [6.07, 6.45) is 0. The minimum Gasteiger partial charge on any atom is -0.497 e. The lowest BCUT2D eigenvalue weighted by atomic mass is 9.94. The highest BCUT2D eigenvalue weighted by Gasteiger charge is 2.33. The Bertz CT molecular complexity index is 1320. The van der Waals surface area contributed by atoms with Crippen molar-refractivity contribution < 1.29 is 18.7 Å². The van der Waals surface area contributed by atoms with Crippen molar-refractivity contribution in [1.82, 2.24) is 4.57 Å². The van der Waals surface area contributed by atoms with E-state index in [0.29, 0.717) is 11.1 Å². The van der Waals surface area contributed by atoms with Gasteiger partial charge >= 0.3 is 0 Å². The molecule has 0 bridgehead atoms. The molecule has 0 radical (unpaired) electrons. The summed E-state index contributed by atoms with van der Waals surface area (Å²) in [6.45, 7) is 0. The highest BCUT2D eigenvalue weighted by molar-refractivity contribution is 6.35. The molecule has 1 aliphatic rings. The fraction of sp³-hybridized carbons (Fsp3) is 0.0800. The highest BCUT2D eigenvalue weighted by Crippen LogP contribution is 2.42. The number of carbonyl (C=O) groups is 1. The first kappa shape index (κ1) is 18.2. The second-order valence-corrected chi connectivity index (χ2v) is 7.08. The number of hydrogen-bond acceptors (Lipinski definition) is 3. The highest BCUT2D eigenvalue weighted by atomic mass is 19.1. The molecule has 0 aliphatic carbocycles. The molecule has 0 spiro atoms. The van der Waals surface area contributed by atoms with Crippen molar-refractivity contribution in [2.45, 2.75) is 0 Å². The maximum atomic E-state index is 13.6. The van der Waals surface area contributed by atoms with Crippen LogP contribution >= 0.6 is 0 Å². The Morgan fingerprint density at radius 1 is 0.733 bits per heavy atom. The van der Waals surface area contributed by atoms with Crippen LogP contribution < -0.4 is 9.47 Å². The minimum atomic E-state index is -0.340. The normalized spacial score (nSPS) is 13.1. The van der Waals surface area contributed by atoms with Crippen LogP contribution in [-0.2, 0) is 0 Å². The molecule has 148 valence electrons. The van der Waals surface area contributed by atoms with E-state index in [1.54, 1.807) is 30.9 Å².